The largest absolute Gasteiger partial charge is 0.384 e. The smallest absolute Gasteiger partial charge is 0.332 e. The van der Waals surface area contributed by atoms with Crippen molar-refractivity contribution in [3.63, 3.8) is 0 Å². The maximum atomic E-state index is 13.1. The SMILES string of the molecule is CCn1c(=O)c(C(=O)CNC(C)C)c(N)n(Cc2ccc(F)cc2)c1=O. The first kappa shape index (κ1) is 19.6. The summed E-state index contributed by atoms with van der Waals surface area (Å²) >= 11 is 0. The van der Waals surface area contributed by atoms with E-state index >= 15 is 0 Å². The van der Waals surface area contributed by atoms with E-state index in [2.05, 4.69) is 5.32 Å². The van der Waals surface area contributed by atoms with Crippen molar-refractivity contribution >= 4 is 11.6 Å². The highest BCUT2D eigenvalue weighted by Gasteiger charge is 2.22. The molecule has 0 unspecified atom stereocenters. The summed E-state index contributed by atoms with van der Waals surface area (Å²) < 4.78 is 15.2. The van der Waals surface area contributed by atoms with Gasteiger partial charge in [0.15, 0.2) is 5.78 Å². The van der Waals surface area contributed by atoms with Crippen molar-refractivity contribution < 1.29 is 9.18 Å². The second kappa shape index (κ2) is 8.09. The summed E-state index contributed by atoms with van der Waals surface area (Å²) in [6, 6.07) is 5.63. The number of carbonyl (C=O) groups is 1. The number of carbonyl (C=O) groups excluding carboxylic acids is 1. The van der Waals surface area contributed by atoms with E-state index in [1.807, 2.05) is 13.8 Å². The molecule has 7 nitrogen and oxygen atoms in total. The lowest BCUT2D eigenvalue weighted by molar-refractivity contribution is 0.0986. The molecule has 0 spiro atoms. The van der Waals surface area contributed by atoms with Crippen molar-refractivity contribution in [2.75, 3.05) is 12.3 Å². The van der Waals surface area contributed by atoms with Gasteiger partial charge in [0.2, 0.25) is 0 Å². The van der Waals surface area contributed by atoms with Gasteiger partial charge < -0.3 is 11.1 Å². The minimum Gasteiger partial charge on any atom is -0.384 e. The van der Waals surface area contributed by atoms with Gasteiger partial charge in [0.25, 0.3) is 5.56 Å². The highest BCUT2D eigenvalue weighted by molar-refractivity contribution is 6.01. The van der Waals surface area contributed by atoms with E-state index in [9.17, 15) is 18.8 Å². The Kier molecular flexibility index (Phi) is 6.10. The average molecular weight is 362 g/mol. The Balaban J connectivity index is 2.55. The predicted molar refractivity (Wildman–Crippen MR) is 98.0 cm³/mol. The first-order chi connectivity index (χ1) is 12.3. The van der Waals surface area contributed by atoms with Crippen LogP contribution in [0.4, 0.5) is 10.2 Å². The van der Waals surface area contributed by atoms with Gasteiger partial charge in [0, 0.05) is 12.6 Å². The van der Waals surface area contributed by atoms with Crippen LogP contribution in [0.1, 0.15) is 36.7 Å². The Morgan fingerprint density at radius 2 is 1.81 bits per heavy atom. The molecule has 0 aliphatic carbocycles. The minimum absolute atomic E-state index is 0.0309. The van der Waals surface area contributed by atoms with Crippen molar-refractivity contribution in [2.24, 2.45) is 0 Å². The van der Waals surface area contributed by atoms with E-state index in [1.165, 1.54) is 28.8 Å². The fourth-order valence-corrected chi connectivity index (χ4v) is 2.57. The molecule has 0 fully saturated rings. The van der Waals surface area contributed by atoms with Gasteiger partial charge in [0.05, 0.1) is 13.1 Å². The zero-order valence-electron chi connectivity index (χ0n) is 15.1. The monoisotopic (exact) mass is 362 g/mol. The fourth-order valence-electron chi connectivity index (χ4n) is 2.57. The molecule has 0 aliphatic heterocycles. The molecular weight excluding hydrogens is 339 g/mol. The van der Waals surface area contributed by atoms with E-state index in [-0.39, 0.29) is 37.1 Å². The second-order valence-corrected chi connectivity index (χ2v) is 6.26. The van der Waals surface area contributed by atoms with Crippen LogP contribution >= 0.6 is 0 Å². The number of hydrogen-bond acceptors (Lipinski definition) is 5. The molecule has 2 aromatic rings. The van der Waals surface area contributed by atoms with E-state index in [4.69, 9.17) is 5.73 Å². The maximum Gasteiger partial charge on any atom is 0.332 e. The van der Waals surface area contributed by atoms with Gasteiger partial charge in [0.1, 0.15) is 17.2 Å². The Morgan fingerprint density at radius 3 is 2.35 bits per heavy atom. The van der Waals surface area contributed by atoms with Crippen LogP contribution in [-0.4, -0.2) is 27.5 Å². The fraction of sp³-hybridized carbons (Fsp3) is 0.389. The summed E-state index contributed by atoms with van der Waals surface area (Å²) in [5.41, 5.74) is 5.14. The number of rotatable bonds is 7. The number of benzene rings is 1. The van der Waals surface area contributed by atoms with Crippen molar-refractivity contribution in [1.82, 2.24) is 14.5 Å². The van der Waals surface area contributed by atoms with Gasteiger partial charge in [-0.3, -0.25) is 18.7 Å². The van der Waals surface area contributed by atoms with Crippen molar-refractivity contribution in [2.45, 2.75) is 39.9 Å². The maximum absolute atomic E-state index is 13.1. The third-order valence-electron chi connectivity index (χ3n) is 3.99. The van der Waals surface area contributed by atoms with E-state index in [0.29, 0.717) is 5.56 Å². The van der Waals surface area contributed by atoms with E-state index in [0.717, 1.165) is 4.57 Å². The zero-order chi connectivity index (χ0) is 19.4. The second-order valence-electron chi connectivity index (χ2n) is 6.26. The molecular formula is C18H23FN4O3. The quantitative estimate of drug-likeness (QED) is 0.716. The predicted octanol–water partition coefficient (Wildman–Crippen LogP) is 0.980. The summed E-state index contributed by atoms with van der Waals surface area (Å²) in [6.45, 7) is 5.46. The molecule has 1 aromatic carbocycles. The minimum atomic E-state index is -0.694. The van der Waals surface area contributed by atoms with Gasteiger partial charge in [-0.1, -0.05) is 26.0 Å². The molecule has 8 heteroatoms. The molecule has 0 radical (unpaired) electrons. The lowest BCUT2D eigenvalue weighted by Gasteiger charge is -2.16. The van der Waals surface area contributed by atoms with Gasteiger partial charge in [-0.15, -0.1) is 0 Å². The Morgan fingerprint density at radius 1 is 1.19 bits per heavy atom. The van der Waals surface area contributed by atoms with Crippen LogP contribution in [0.25, 0.3) is 0 Å². The highest BCUT2D eigenvalue weighted by Crippen LogP contribution is 2.10. The molecule has 26 heavy (non-hydrogen) atoms. The molecule has 1 heterocycles. The van der Waals surface area contributed by atoms with Crippen LogP contribution in [0.15, 0.2) is 33.9 Å². The number of hydrogen-bond donors (Lipinski definition) is 2. The first-order valence-electron chi connectivity index (χ1n) is 8.40. The number of nitrogens with zero attached hydrogens (tertiary/aromatic N) is 2. The zero-order valence-corrected chi connectivity index (χ0v) is 15.1. The number of nitrogens with one attached hydrogen (secondary N) is 1. The molecule has 0 atom stereocenters. The first-order valence-corrected chi connectivity index (χ1v) is 8.40. The molecule has 140 valence electrons. The van der Waals surface area contributed by atoms with E-state index < -0.39 is 22.8 Å². The van der Waals surface area contributed by atoms with Crippen LogP contribution in [0.5, 0.6) is 0 Å². The number of Topliss-reactive ketones (excluding diaryl/α,β-unsaturated/α-hetero) is 1. The van der Waals surface area contributed by atoms with Gasteiger partial charge in [-0.05, 0) is 24.6 Å². The van der Waals surface area contributed by atoms with Crippen molar-refractivity contribution in [3.05, 3.63) is 62.0 Å². The van der Waals surface area contributed by atoms with Crippen LogP contribution < -0.4 is 22.3 Å². The molecule has 3 N–H and O–H groups in total. The molecule has 0 saturated heterocycles. The van der Waals surface area contributed by atoms with Crippen LogP contribution in [0.2, 0.25) is 0 Å². The van der Waals surface area contributed by atoms with Gasteiger partial charge in [-0.2, -0.15) is 0 Å². The molecule has 2 rings (SSSR count). The normalized spacial score (nSPS) is 11.1. The third-order valence-corrected chi connectivity index (χ3v) is 3.99. The third kappa shape index (κ3) is 4.08. The van der Waals surface area contributed by atoms with Crippen molar-refractivity contribution in [1.29, 1.82) is 0 Å². The molecule has 0 amide bonds. The summed E-state index contributed by atoms with van der Waals surface area (Å²) in [7, 11) is 0. The lowest BCUT2D eigenvalue weighted by atomic mass is 10.1. The number of ketones is 1. The number of aromatic nitrogens is 2. The number of anilines is 1. The highest BCUT2D eigenvalue weighted by atomic mass is 19.1. The summed E-state index contributed by atoms with van der Waals surface area (Å²) in [6.07, 6.45) is 0. The Labute approximate surface area is 150 Å². The molecule has 1 aromatic heterocycles. The molecule has 0 aliphatic rings. The Hall–Kier alpha value is -2.74. The molecule has 0 bridgehead atoms. The van der Waals surface area contributed by atoms with Gasteiger partial charge in [-0.25, -0.2) is 9.18 Å². The average Bonchev–Trinajstić information content (AvgIpc) is 2.59. The standard InChI is InChI=1S/C18H23FN4O3/c1-4-22-17(25)15(14(24)9-21-11(2)3)16(20)23(18(22)26)10-12-5-7-13(19)8-6-12/h5-8,11,21H,4,9-10,20H2,1-3H3. The topological polar surface area (TPSA) is 99.1 Å². The van der Waals surface area contributed by atoms with Crippen LogP contribution in [0, 0.1) is 5.82 Å². The lowest BCUT2D eigenvalue weighted by Crippen LogP contribution is -2.45. The number of nitrogen functional groups attached to an aromatic ring is 1. The van der Waals surface area contributed by atoms with Crippen molar-refractivity contribution in [3.8, 4) is 0 Å². The van der Waals surface area contributed by atoms with E-state index in [1.54, 1.807) is 6.92 Å². The Bertz CT molecular complexity index is 914. The summed E-state index contributed by atoms with van der Waals surface area (Å²) in [4.78, 5) is 37.6. The van der Waals surface area contributed by atoms with Crippen LogP contribution in [0.3, 0.4) is 0 Å². The number of halogens is 1. The number of nitrogens with two attached hydrogens (primary N) is 1. The van der Waals surface area contributed by atoms with Crippen LogP contribution in [-0.2, 0) is 13.1 Å². The summed E-state index contributed by atoms with van der Waals surface area (Å²) in [5, 5.41) is 2.94. The van der Waals surface area contributed by atoms with Gasteiger partial charge >= 0.3 is 5.69 Å². The molecule has 0 saturated carbocycles. The summed E-state index contributed by atoms with van der Waals surface area (Å²) in [5.74, 6) is -1.05.